The van der Waals surface area contributed by atoms with Gasteiger partial charge in [-0.3, -0.25) is 0 Å². The monoisotopic (exact) mass is 197 g/mol. The van der Waals surface area contributed by atoms with Crippen LogP contribution < -0.4 is 5.32 Å². The first kappa shape index (κ1) is 10.4. The van der Waals surface area contributed by atoms with Crippen LogP contribution in [0.2, 0.25) is 0 Å². The third kappa shape index (κ3) is 2.12. The number of nitrogens with one attached hydrogen (secondary N) is 1. The molecule has 4 atom stereocenters. The zero-order valence-electron chi connectivity index (χ0n) is 9.21. The van der Waals surface area contributed by atoms with Crippen molar-refractivity contribution >= 4 is 0 Å². The average Bonchev–Trinajstić information content (AvgIpc) is 2.78. The second-order valence-electron chi connectivity index (χ2n) is 5.07. The van der Waals surface area contributed by atoms with E-state index in [1.54, 1.807) is 0 Å². The molecule has 2 nitrogen and oxygen atoms in total. The number of rotatable bonds is 5. The molecule has 0 aliphatic heterocycles. The van der Waals surface area contributed by atoms with E-state index in [0.29, 0.717) is 12.6 Å². The van der Waals surface area contributed by atoms with Gasteiger partial charge in [-0.1, -0.05) is 13.3 Å². The van der Waals surface area contributed by atoms with E-state index >= 15 is 0 Å². The lowest BCUT2D eigenvalue weighted by Crippen LogP contribution is -2.41. The predicted octanol–water partition coefficient (Wildman–Crippen LogP) is 1.93. The van der Waals surface area contributed by atoms with Crippen molar-refractivity contribution in [3.63, 3.8) is 0 Å². The minimum atomic E-state index is 0.326. The van der Waals surface area contributed by atoms with Crippen molar-refractivity contribution < 1.29 is 5.11 Å². The number of hydrogen-bond acceptors (Lipinski definition) is 2. The lowest BCUT2D eigenvalue weighted by Gasteiger charge is -2.27. The lowest BCUT2D eigenvalue weighted by atomic mass is 9.94. The quantitative estimate of drug-likeness (QED) is 0.706. The van der Waals surface area contributed by atoms with E-state index in [2.05, 4.69) is 12.2 Å². The highest BCUT2D eigenvalue weighted by atomic mass is 16.3. The molecule has 0 radical (unpaired) electrons. The molecular weight excluding hydrogens is 174 g/mol. The van der Waals surface area contributed by atoms with Crippen LogP contribution in [0, 0.1) is 11.8 Å². The SMILES string of the molecule is CCC(CCO)NC1CC2CCC1C2. The third-order valence-corrected chi connectivity index (χ3v) is 4.16. The fourth-order valence-electron chi connectivity index (χ4n) is 3.31. The number of fused-ring (bicyclic) bond motifs is 2. The Kier molecular flexibility index (Phi) is 3.45. The van der Waals surface area contributed by atoms with Crippen molar-refractivity contribution in [3.05, 3.63) is 0 Å². The molecule has 82 valence electrons. The summed E-state index contributed by atoms with van der Waals surface area (Å²) >= 11 is 0. The van der Waals surface area contributed by atoms with E-state index in [-0.39, 0.29) is 0 Å². The van der Waals surface area contributed by atoms with E-state index in [4.69, 9.17) is 5.11 Å². The summed E-state index contributed by atoms with van der Waals surface area (Å²) < 4.78 is 0. The molecule has 0 amide bonds. The molecule has 2 aliphatic rings. The molecular formula is C12H23NO. The normalized spacial score (nSPS) is 37.7. The highest BCUT2D eigenvalue weighted by Crippen LogP contribution is 2.44. The minimum absolute atomic E-state index is 0.326. The summed E-state index contributed by atoms with van der Waals surface area (Å²) in [6.07, 6.45) is 7.84. The smallest absolute Gasteiger partial charge is 0.0445 e. The van der Waals surface area contributed by atoms with Crippen molar-refractivity contribution in [3.8, 4) is 0 Å². The second kappa shape index (κ2) is 4.63. The van der Waals surface area contributed by atoms with E-state index in [0.717, 1.165) is 30.7 Å². The lowest BCUT2D eigenvalue weighted by molar-refractivity contribution is 0.240. The van der Waals surface area contributed by atoms with Gasteiger partial charge < -0.3 is 10.4 Å². The fraction of sp³-hybridized carbons (Fsp3) is 1.00. The highest BCUT2D eigenvalue weighted by molar-refractivity contribution is 4.95. The summed E-state index contributed by atoms with van der Waals surface area (Å²) in [6, 6.07) is 1.31. The Bertz CT molecular complexity index is 183. The van der Waals surface area contributed by atoms with Gasteiger partial charge in [-0.2, -0.15) is 0 Å². The molecule has 2 rings (SSSR count). The Hall–Kier alpha value is -0.0800. The standard InChI is InChI=1S/C12H23NO/c1-2-11(5-6-14)13-12-8-9-3-4-10(12)7-9/h9-14H,2-8H2,1H3. The first-order valence-corrected chi connectivity index (χ1v) is 6.20. The molecule has 14 heavy (non-hydrogen) atoms. The predicted molar refractivity (Wildman–Crippen MR) is 58.2 cm³/mol. The molecule has 4 unspecified atom stereocenters. The van der Waals surface area contributed by atoms with Gasteiger partial charge in [-0.15, -0.1) is 0 Å². The average molecular weight is 197 g/mol. The molecule has 2 heteroatoms. The Morgan fingerprint density at radius 1 is 1.36 bits per heavy atom. The largest absolute Gasteiger partial charge is 0.396 e. The van der Waals surface area contributed by atoms with E-state index < -0.39 is 0 Å². The van der Waals surface area contributed by atoms with Crippen LogP contribution in [-0.2, 0) is 0 Å². The highest BCUT2D eigenvalue weighted by Gasteiger charge is 2.39. The third-order valence-electron chi connectivity index (χ3n) is 4.16. The molecule has 2 saturated carbocycles. The maximum atomic E-state index is 8.93. The fourth-order valence-corrected chi connectivity index (χ4v) is 3.31. The van der Waals surface area contributed by atoms with E-state index in [9.17, 15) is 0 Å². The Morgan fingerprint density at radius 3 is 2.71 bits per heavy atom. The van der Waals surface area contributed by atoms with Crippen LogP contribution >= 0.6 is 0 Å². The Morgan fingerprint density at radius 2 is 2.21 bits per heavy atom. The zero-order chi connectivity index (χ0) is 9.97. The van der Waals surface area contributed by atoms with Gasteiger partial charge in [0.05, 0.1) is 0 Å². The van der Waals surface area contributed by atoms with Crippen LogP contribution in [0.5, 0.6) is 0 Å². The molecule has 0 heterocycles. The summed E-state index contributed by atoms with van der Waals surface area (Å²) in [4.78, 5) is 0. The second-order valence-corrected chi connectivity index (χ2v) is 5.07. The number of aliphatic hydroxyl groups is 1. The summed E-state index contributed by atoms with van der Waals surface area (Å²) in [5.74, 6) is 1.97. The number of aliphatic hydroxyl groups excluding tert-OH is 1. The molecule has 2 aliphatic carbocycles. The summed E-state index contributed by atoms with van der Waals surface area (Å²) in [6.45, 7) is 2.53. The summed E-state index contributed by atoms with van der Waals surface area (Å²) in [7, 11) is 0. The van der Waals surface area contributed by atoms with Gasteiger partial charge in [0.15, 0.2) is 0 Å². The van der Waals surface area contributed by atoms with Crippen molar-refractivity contribution in [1.82, 2.24) is 5.32 Å². The van der Waals surface area contributed by atoms with Gasteiger partial charge in [0.25, 0.3) is 0 Å². The van der Waals surface area contributed by atoms with Gasteiger partial charge in [0.1, 0.15) is 0 Å². The zero-order valence-corrected chi connectivity index (χ0v) is 9.21. The van der Waals surface area contributed by atoms with Gasteiger partial charge in [-0.05, 0) is 43.9 Å². The topological polar surface area (TPSA) is 32.3 Å². The maximum absolute atomic E-state index is 8.93. The van der Waals surface area contributed by atoms with Crippen LogP contribution in [0.1, 0.15) is 45.4 Å². The molecule has 2 N–H and O–H groups in total. The Balaban J connectivity index is 1.79. The van der Waals surface area contributed by atoms with Crippen molar-refractivity contribution in [1.29, 1.82) is 0 Å². The summed E-state index contributed by atoms with van der Waals surface area (Å²) in [5, 5.41) is 12.7. The molecule has 0 aromatic carbocycles. The molecule has 0 saturated heterocycles. The van der Waals surface area contributed by atoms with Gasteiger partial charge in [0, 0.05) is 18.7 Å². The van der Waals surface area contributed by atoms with Crippen LogP contribution in [0.25, 0.3) is 0 Å². The molecule has 0 aromatic rings. The first-order chi connectivity index (χ1) is 6.83. The molecule has 2 fully saturated rings. The Labute approximate surface area is 87.1 Å². The molecule has 0 spiro atoms. The van der Waals surface area contributed by atoms with Crippen LogP contribution in [0.15, 0.2) is 0 Å². The number of hydrogen-bond donors (Lipinski definition) is 2. The van der Waals surface area contributed by atoms with Crippen molar-refractivity contribution in [2.45, 2.75) is 57.5 Å². The summed E-state index contributed by atoms with van der Waals surface area (Å²) in [5.41, 5.74) is 0. The van der Waals surface area contributed by atoms with Gasteiger partial charge >= 0.3 is 0 Å². The van der Waals surface area contributed by atoms with Crippen LogP contribution in [0.3, 0.4) is 0 Å². The molecule has 2 bridgehead atoms. The molecule has 0 aromatic heterocycles. The van der Waals surface area contributed by atoms with Crippen molar-refractivity contribution in [2.75, 3.05) is 6.61 Å². The first-order valence-electron chi connectivity index (χ1n) is 6.20. The van der Waals surface area contributed by atoms with E-state index in [1.807, 2.05) is 0 Å². The minimum Gasteiger partial charge on any atom is -0.396 e. The van der Waals surface area contributed by atoms with Crippen LogP contribution in [0.4, 0.5) is 0 Å². The van der Waals surface area contributed by atoms with Gasteiger partial charge in [-0.25, -0.2) is 0 Å². The van der Waals surface area contributed by atoms with Crippen LogP contribution in [-0.4, -0.2) is 23.8 Å². The van der Waals surface area contributed by atoms with Crippen molar-refractivity contribution in [2.24, 2.45) is 11.8 Å². The van der Waals surface area contributed by atoms with E-state index in [1.165, 1.54) is 25.7 Å². The van der Waals surface area contributed by atoms with Gasteiger partial charge in [0.2, 0.25) is 0 Å². The maximum Gasteiger partial charge on any atom is 0.0445 e.